The summed E-state index contributed by atoms with van der Waals surface area (Å²) in [5.41, 5.74) is 1.32. The van der Waals surface area contributed by atoms with Crippen LogP contribution >= 0.6 is 0 Å². The third-order valence-corrected chi connectivity index (χ3v) is 0.940. The Balaban J connectivity index is -0.0000000615. The fourth-order valence-corrected chi connectivity index (χ4v) is 0.534. The molecule has 0 atom stereocenters. The maximum Gasteiger partial charge on any atom is 2.00 e. The number of hydrogen-bond acceptors (Lipinski definition) is 1. The minimum absolute atomic E-state index is 0. The molecule has 0 aliphatic rings. The number of aliphatic hydroxyl groups is 1. The second-order valence-corrected chi connectivity index (χ2v) is 1.97. The van der Waals surface area contributed by atoms with Crippen molar-refractivity contribution >= 4 is 23.1 Å². The van der Waals surface area contributed by atoms with Crippen molar-refractivity contribution in [2.24, 2.45) is 0 Å². The van der Waals surface area contributed by atoms with Gasteiger partial charge in [-0.25, -0.2) is 0 Å². The third-order valence-electron chi connectivity index (χ3n) is 0.940. The number of aryl methyl sites for hydroxylation is 1. The molecule has 1 aromatic carbocycles. The standard InChI is InChI=1S/C7H8.C2H6O.Mg.2H/c1-7-5-3-2-4-6-7;1-2-3;;;/h2-6H,1H3;3H,2H2,1H3;;;/q;;+2;2*-1. The van der Waals surface area contributed by atoms with Crippen molar-refractivity contribution in [1.82, 2.24) is 0 Å². The number of aliphatic hydroxyl groups excluding tert-OH is 1. The Hall–Kier alpha value is -0.0538. The quantitative estimate of drug-likeness (QED) is 0.580. The predicted octanol–water partition coefficient (Wildman–Crippen LogP) is 1.84. The molecule has 0 spiro atoms. The SMILES string of the molecule is CCO.Cc1ccccc1.[H-].[H-].[Mg+2]. The van der Waals surface area contributed by atoms with Gasteiger partial charge in [0.1, 0.15) is 0 Å². The summed E-state index contributed by atoms with van der Waals surface area (Å²) in [4.78, 5) is 0. The zero-order valence-corrected chi connectivity index (χ0v) is 8.66. The molecule has 1 aromatic rings. The van der Waals surface area contributed by atoms with Crippen LogP contribution in [0.1, 0.15) is 15.3 Å². The molecule has 0 aromatic heterocycles. The van der Waals surface area contributed by atoms with Crippen LogP contribution in [0.15, 0.2) is 30.3 Å². The molecule has 0 heterocycles. The second kappa shape index (κ2) is 9.95. The fourth-order valence-electron chi connectivity index (χ4n) is 0.534. The molecule has 0 saturated carbocycles. The largest absolute Gasteiger partial charge is 2.00 e. The summed E-state index contributed by atoms with van der Waals surface area (Å²) in [6.45, 7) is 4.01. The summed E-state index contributed by atoms with van der Waals surface area (Å²) in [5, 5.41) is 7.57. The molecule has 0 fully saturated rings. The zero-order valence-electron chi connectivity index (χ0n) is 9.25. The summed E-state index contributed by atoms with van der Waals surface area (Å²) >= 11 is 0. The molecule has 1 nitrogen and oxygen atoms in total. The van der Waals surface area contributed by atoms with E-state index in [0.29, 0.717) is 0 Å². The predicted molar refractivity (Wildman–Crippen MR) is 51.9 cm³/mol. The summed E-state index contributed by atoms with van der Waals surface area (Å²) in [7, 11) is 0. The smallest absolute Gasteiger partial charge is 1.00 e. The average Bonchev–Trinajstić information content (AvgIpc) is 1.91. The van der Waals surface area contributed by atoms with E-state index in [-0.39, 0.29) is 32.5 Å². The molecule has 0 amide bonds. The Kier molecular flexibility index (Phi) is 12.2. The van der Waals surface area contributed by atoms with E-state index < -0.39 is 0 Å². The Morgan fingerprint density at radius 2 is 1.64 bits per heavy atom. The summed E-state index contributed by atoms with van der Waals surface area (Å²) in [5.74, 6) is 0. The van der Waals surface area contributed by atoms with Gasteiger partial charge in [-0.05, 0) is 13.8 Å². The zero-order chi connectivity index (χ0) is 7.82. The van der Waals surface area contributed by atoms with E-state index in [1.54, 1.807) is 6.92 Å². The van der Waals surface area contributed by atoms with Crippen molar-refractivity contribution in [2.45, 2.75) is 13.8 Å². The Morgan fingerprint density at radius 1 is 1.27 bits per heavy atom. The van der Waals surface area contributed by atoms with Gasteiger partial charge < -0.3 is 7.96 Å². The summed E-state index contributed by atoms with van der Waals surface area (Å²) in [6.07, 6.45) is 0. The molecule has 0 aliphatic heterocycles. The molecule has 60 valence electrons. The first-order valence-corrected chi connectivity index (χ1v) is 3.43. The monoisotopic (exact) mass is 164 g/mol. The molecule has 11 heavy (non-hydrogen) atoms. The molecule has 0 bridgehead atoms. The molecule has 1 N–H and O–H groups in total. The van der Waals surface area contributed by atoms with Gasteiger partial charge in [0.25, 0.3) is 0 Å². The van der Waals surface area contributed by atoms with E-state index in [1.807, 2.05) is 18.2 Å². The van der Waals surface area contributed by atoms with E-state index in [4.69, 9.17) is 5.11 Å². The third kappa shape index (κ3) is 9.95. The van der Waals surface area contributed by atoms with Crippen molar-refractivity contribution in [2.75, 3.05) is 6.61 Å². The van der Waals surface area contributed by atoms with Crippen molar-refractivity contribution in [1.29, 1.82) is 0 Å². The first kappa shape index (κ1) is 13.5. The van der Waals surface area contributed by atoms with Gasteiger partial charge >= 0.3 is 23.1 Å². The Morgan fingerprint density at radius 3 is 1.82 bits per heavy atom. The first-order chi connectivity index (χ1) is 4.81. The van der Waals surface area contributed by atoms with Gasteiger partial charge in [0.15, 0.2) is 0 Å². The number of rotatable bonds is 0. The van der Waals surface area contributed by atoms with Crippen molar-refractivity contribution < 1.29 is 7.96 Å². The maximum atomic E-state index is 7.57. The molecule has 0 unspecified atom stereocenters. The van der Waals surface area contributed by atoms with E-state index in [1.165, 1.54) is 5.56 Å². The molecular formula is C9H16MgO. The van der Waals surface area contributed by atoms with Crippen LogP contribution in [0.4, 0.5) is 0 Å². The minimum Gasteiger partial charge on any atom is -1.00 e. The average molecular weight is 165 g/mol. The van der Waals surface area contributed by atoms with Gasteiger partial charge in [-0.1, -0.05) is 35.9 Å². The van der Waals surface area contributed by atoms with Gasteiger partial charge in [0.05, 0.1) is 0 Å². The van der Waals surface area contributed by atoms with Crippen LogP contribution in [-0.4, -0.2) is 34.8 Å². The van der Waals surface area contributed by atoms with Crippen molar-refractivity contribution in [3.63, 3.8) is 0 Å². The normalized spacial score (nSPS) is 7.18. The van der Waals surface area contributed by atoms with E-state index in [2.05, 4.69) is 19.1 Å². The van der Waals surface area contributed by atoms with Crippen LogP contribution in [0.5, 0.6) is 0 Å². The van der Waals surface area contributed by atoms with E-state index in [0.717, 1.165) is 0 Å². The van der Waals surface area contributed by atoms with E-state index in [9.17, 15) is 0 Å². The molecule has 0 saturated heterocycles. The molecule has 2 heteroatoms. The van der Waals surface area contributed by atoms with Crippen LogP contribution in [0, 0.1) is 6.92 Å². The van der Waals surface area contributed by atoms with Crippen molar-refractivity contribution in [3.05, 3.63) is 35.9 Å². The van der Waals surface area contributed by atoms with Gasteiger partial charge in [-0.15, -0.1) is 0 Å². The van der Waals surface area contributed by atoms with Gasteiger partial charge in [0, 0.05) is 6.61 Å². The van der Waals surface area contributed by atoms with Gasteiger partial charge in [0.2, 0.25) is 0 Å². The van der Waals surface area contributed by atoms with Crippen LogP contribution in [0.3, 0.4) is 0 Å². The maximum absolute atomic E-state index is 7.57. The fraction of sp³-hybridized carbons (Fsp3) is 0.333. The minimum atomic E-state index is 0. The first-order valence-electron chi connectivity index (χ1n) is 3.43. The summed E-state index contributed by atoms with van der Waals surface area (Å²) < 4.78 is 0. The summed E-state index contributed by atoms with van der Waals surface area (Å²) in [6, 6.07) is 10.3. The van der Waals surface area contributed by atoms with Crippen LogP contribution in [-0.2, 0) is 0 Å². The van der Waals surface area contributed by atoms with Gasteiger partial charge in [-0.2, -0.15) is 0 Å². The molecule has 0 radical (unpaired) electrons. The van der Waals surface area contributed by atoms with Gasteiger partial charge in [-0.3, -0.25) is 0 Å². The van der Waals surface area contributed by atoms with E-state index >= 15 is 0 Å². The Labute approximate surface area is 87.6 Å². The van der Waals surface area contributed by atoms with Crippen LogP contribution in [0.2, 0.25) is 0 Å². The molecule has 0 aliphatic carbocycles. The topological polar surface area (TPSA) is 20.2 Å². The number of benzene rings is 1. The molecular weight excluding hydrogens is 148 g/mol. The Bertz CT molecular complexity index is 159. The van der Waals surface area contributed by atoms with Crippen molar-refractivity contribution in [3.8, 4) is 0 Å². The van der Waals surface area contributed by atoms with Crippen LogP contribution < -0.4 is 0 Å². The molecule has 1 rings (SSSR count). The second-order valence-electron chi connectivity index (χ2n) is 1.97. The van der Waals surface area contributed by atoms with Crippen LogP contribution in [0.25, 0.3) is 0 Å². The number of hydrogen-bond donors (Lipinski definition) is 1.